The number of amides is 1. The Kier molecular flexibility index (Phi) is 4.32. The summed E-state index contributed by atoms with van der Waals surface area (Å²) in [5.74, 6) is -1.12. The molecule has 0 saturated heterocycles. The highest BCUT2D eigenvalue weighted by atomic mass is 16.4. The zero-order valence-electron chi connectivity index (χ0n) is 11.8. The van der Waals surface area contributed by atoms with Crippen molar-refractivity contribution in [3.8, 4) is 5.69 Å². The predicted octanol–water partition coefficient (Wildman–Crippen LogP) is 1.03. The molecule has 0 unspecified atom stereocenters. The molecule has 0 aliphatic carbocycles. The maximum absolute atomic E-state index is 12.0. The summed E-state index contributed by atoms with van der Waals surface area (Å²) in [4.78, 5) is 26.9. The molecule has 7 nitrogen and oxygen atoms in total. The molecule has 1 aromatic carbocycles. The highest BCUT2D eigenvalue weighted by Gasteiger charge is 2.20. The Hall–Kier alpha value is -2.70. The highest BCUT2D eigenvalue weighted by Crippen LogP contribution is 2.10. The van der Waals surface area contributed by atoms with Gasteiger partial charge in [-0.05, 0) is 19.1 Å². The third kappa shape index (κ3) is 3.25. The van der Waals surface area contributed by atoms with Crippen molar-refractivity contribution in [2.75, 3.05) is 0 Å². The van der Waals surface area contributed by atoms with E-state index in [1.165, 1.54) is 6.92 Å². The highest BCUT2D eigenvalue weighted by molar-refractivity contribution is 5.93. The lowest BCUT2D eigenvalue weighted by atomic mass is 10.3. The Balaban J connectivity index is 2.29. The molecular weight excluding hydrogens is 272 g/mol. The number of hydrogen-bond donors (Lipinski definition) is 2. The van der Waals surface area contributed by atoms with E-state index < -0.39 is 17.9 Å². The lowest BCUT2D eigenvalue weighted by Crippen LogP contribution is -2.38. The van der Waals surface area contributed by atoms with Crippen molar-refractivity contribution < 1.29 is 14.7 Å². The number of benzene rings is 1. The van der Waals surface area contributed by atoms with E-state index in [1.807, 2.05) is 37.3 Å². The fourth-order valence-electron chi connectivity index (χ4n) is 1.77. The van der Waals surface area contributed by atoms with Crippen LogP contribution in [0.5, 0.6) is 0 Å². The van der Waals surface area contributed by atoms with Crippen molar-refractivity contribution in [1.29, 1.82) is 0 Å². The van der Waals surface area contributed by atoms with E-state index in [-0.39, 0.29) is 5.82 Å². The number of aliphatic carboxylic acids is 1. The maximum Gasteiger partial charge on any atom is 0.325 e. The fraction of sp³-hybridized carbons (Fsp3) is 0.286. The van der Waals surface area contributed by atoms with Crippen LogP contribution < -0.4 is 5.32 Å². The van der Waals surface area contributed by atoms with Crippen molar-refractivity contribution in [2.24, 2.45) is 0 Å². The molecule has 1 heterocycles. The van der Waals surface area contributed by atoms with E-state index in [0.29, 0.717) is 12.2 Å². The first-order valence-corrected chi connectivity index (χ1v) is 6.58. The zero-order chi connectivity index (χ0) is 15.4. The standard InChI is InChI=1S/C14H16N4O3/c1-3-11-16-12(13(19)15-9(2)14(20)21)17-18(11)10-7-5-4-6-8-10/h4-9H,3H2,1-2H3,(H,15,19)(H,20,21)/t9-/m0/s1. The van der Waals surface area contributed by atoms with Crippen LogP contribution in [-0.2, 0) is 11.2 Å². The van der Waals surface area contributed by atoms with Crippen LogP contribution in [0.3, 0.4) is 0 Å². The van der Waals surface area contributed by atoms with Crippen LogP contribution >= 0.6 is 0 Å². The Labute approximate surface area is 121 Å². The van der Waals surface area contributed by atoms with Gasteiger partial charge < -0.3 is 10.4 Å². The first-order chi connectivity index (χ1) is 10.0. The van der Waals surface area contributed by atoms with E-state index in [4.69, 9.17) is 5.11 Å². The monoisotopic (exact) mass is 288 g/mol. The Morgan fingerprint density at radius 1 is 1.33 bits per heavy atom. The minimum atomic E-state index is -1.11. The largest absolute Gasteiger partial charge is 0.480 e. The van der Waals surface area contributed by atoms with E-state index >= 15 is 0 Å². The Morgan fingerprint density at radius 2 is 2.00 bits per heavy atom. The van der Waals surface area contributed by atoms with Gasteiger partial charge in [0.15, 0.2) is 0 Å². The average molecular weight is 288 g/mol. The van der Waals surface area contributed by atoms with Crippen LogP contribution in [0.2, 0.25) is 0 Å². The number of rotatable bonds is 5. The van der Waals surface area contributed by atoms with Crippen molar-refractivity contribution in [3.05, 3.63) is 42.0 Å². The molecular formula is C14H16N4O3. The van der Waals surface area contributed by atoms with Gasteiger partial charge in [-0.1, -0.05) is 25.1 Å². The van der Waals surface area contributed by atoms with E-state index in [0.717, 1.165) is 5.69 Å². The molecule has 21 heavy (non-hydrogen) atoms. The van der Waals surface area contributed by atoms with Gasteiger partial charge in [0.05, 0.1) is 5.69 Å². The van der Waals surface area contributed by atoms with Gasteiger partial charge in [-0.3, -0.25) is 9.59 Å². The number of carboxylic acids is 1. The second-order valence-corrected chi connectivity index (χ2v) is 4.49. The summed E-state index contributed by atoms with van der Waals surface area (Å²) in [6, 6.07) is 8.33. The number of nitrogens with one attached hydrogen (secondary N) is 1. The van der Waals surface area contributed by atoms with E-state index in [1.54, 1.807) is 4.68 Å². The van der Waals surface area contributed by atoms with Gasteiger partial charge in [0, 0.05) is 6.42 Å². The molecule has 0 aliphatic heterocycles. The first-order valence-electron chi connectivity index (χ1n) is 6.58. The second-order valence-electron chi connectivity index (χ2n) is 4.49. The fourth-order valence-corrected chi connectivity index (χ4v) is 1.77. The number of aromatic nitrogens is 3. The van der Waals surface area contributed by atoms with Gasteiger partial charge in [-0.25, -0.2) is 9.67 Å². The van der Waals surface area contributed by atoms with Crippen LogP contribution in [-0.4, -0.2) is 37.8 Å². The van der Waals surface area contributed by atoms with Crippen molar-refractivity contribution >= 4 is 11.9 Å². The molecule has 2 N–H and O–H groups in total. The molecule has 0 aliphatic rings. The lowest BCUT2D eigenvalue weighted by molar-refractivity contribution is -0.138. The van der Waals surface area contributed by atoms with Gasteiger partial charge >= 0.3 is 5.97 Å². The number of carboxylic acid groups (broad SMARTS) is 1. The molecule has 110 valence electrons. The number of carbonyl (C=O) groups is 2. The van der Waals surface area contributed by atoms with Crippen LogP contribution in [0, 0.1) is 0 Å². The summed E-state index contributed by atoms with van der Waals surface area (Å²) in [6.45, 7) is 3.29. The molecule has 0 fully saturated rings. The van der Waals surface area contributed by atoms with Gasteiger partial charge in [0.1, 0.15) is 11.9 Å². The number of nitrogens with zero attached hydrogens (tertiary/aromatic N) is 3. The normalized spacial score (nSPS) is 11.9. The molecule has 7 heteroatoms. The quantitative estimate of drug-likeness (QED) is 0.856. The molecule has 2 rings (SSSR count). The lowest BCUT2D eigenvalue weighted by Gasteiger charge is -2.06. The minimum Gasteiger partial charge on any atom is -0.480 e. The summed E-state index contributed by atoms with van der Waals surface area (Å²) in [7, 11) is 0. The predicted molar refractivity (Wildman–Crippen MR) is 75.3 cm³/mol. The van der Waals surface area contributed by atoms with Crippen LogP contribution in [0.1, 0.15) is 30.3 Å². The van der Waals surface area contributed by atoms with Crippen molar-refractivity contribution in [2.45, 2.75) is 26.3 Å². The maximum atomic E-state index is 12.0. The number of para-hydroxylation sites is 1. The van der Waals surface area contributed by atoms with Gasteiger partial charge in [-0.15, -0.1) is 5.10 Å². The SMILES string of the molecule is CCc1nc(C(=O)N[C@@H](C)C(=O)O)nn1-c1ccccc1. The molecule has 0 bridgehead atoms. The summed E-state index contributed by atoms with van der Waals surface area (Å²) >= 11 is 0. The van der Waals surface area contributed by atoms with Crippen molar-refractivity contribution in [1.82, 2.24) is 20.1 Å². The molecule has 1 amide bonds. The second kappa shape index (κ2) is 6.17. The molecule has 0 radical (unpaired) electrons. The number of hydrogen-bond acceptors (Lipinski definition) is 4. The Bertz CT molecular complexity index is 651. The van der Waals surface area contributed by atoms with Crippen molar-refractivity contribution in [3.63, 3.8) is 0 Å². The molecule has 0 saturated carbocycles. The summed E-state index contributed by atoms with van der Waals surface area (Å²) in [5, 5.41) is 15.3. The zero-order valence-corrected chi connectivity index (χ0v) is 11.8. The molecule has 0 spiro atoms. The number of carbonyl (C=O) groups excluding carboxylic acids is 1. The summed E-state index contributed by atoms with van der Waals surface area (Å²) in [6.07, 6.45) is 0.601. The molecule has 2 aromatic rings. The van der Waals surface area contributed by atoms with Gasteiger partial charge in [0.2, 0.25) is 5.82 Å². The van der Waals surface area contributed by atoms with Gasteiger partial charge in [-0.2, -0.15) is 0 Å². The number of aryl methyl sites for hydroxylation is 1. The van der Waals surface area contributed by atoms with E-state index in [9.17, 15) is 9.59 Å². The summed E-state index contributed by atoms with van der Waals surface area (Å²) < 4.78 is 1.58. The topological polar surface area (TPSA) is 97.1 Å². The van der Waals surface area contributed by atoms with Crippen LogP contribution in [0.15, 0.2) is 30.3 Å². The Morgan fingerprint density at radius 3 is 2.57 bits per heavy atom. The third-order valence-electron chi connectivity index (χ3n) is 2.91. The smallest absolute Gasteiger partial charge is 0.325 e. The van der Waals surface area contributed by atoms with E-state index in [2.05, 4.69) is 15.4 Å². The van der Waals surface area contributed by atoms with Crippen LogP contribution in [0.25, 0.3) is 5.69 Å². The minimum absolute atomic E-state index is 0.0381. The molecule has 1 atom stereocenters. The molecule has 1 aromatic heterocycles. The third-order valence-corrected chi connectivity index (χ3v) is 2.91. The first kappa shape index (κ1) is 14.7. The summed E-state index contributed by atoms with van der Waals surface area (Å²) in [5.41, 5.74) is 0.798. The average Bonchev–Trinajstić information content (AvgIpc) is 2.92. The van der Waals surface area contributed by atoms with Gasteiger partial charge in [0.25, 0.3) is 5.91 Å². The van der Waals surface area contributed by atoms with Crippen LogP contribution in [0.4, 0.5) is 0 Å².